The molecule has 0 aliphatic rings. The van der Waals surface area contributed by atoms with Crippen LogP contribution in [0.2, 0.25) is 0 Å². The first-order chi connectivity index (χ1) is 19.2. The van der Waals surface area contributed by atoms with E-state index in [0.717, 1.165) is 17.0 Å². The average molecular weight is 580 g/mol. The van der Waals surface area contributed by atoms with Crippen molar-refractivity contribution in [3.63, 3.8) is 0 Å². The maximum Gasteiger partial charge on any atom is 0.416 e. The van der Waals surface area contributed by atoms with Crippen molar-refractivity contribution in [3.8, 4) is 11.3 Å². The number of halogens is 3. The summed E-state index contributed by atoms with van der Waals surface area (Å²) in [5, 5.41) is 32.1. The highest BCUT2D eigenvalue weighted by Crippen LogP contribution is 2.32. The van der Waals surface area contributed by atoms with Gasteiger partial charge in [0.15, 0.2) is 11.9 Å². The number of nitrogens with zero attached hydrogens (tertiary/aromatic N) is 4. The van der Waals surface area contributed by atoms with Crippen molar-refractivity contribution in [2.45, 2.75) is 84.4 Å². The fraction of sp³-hybridized carbons (Fsp3) is 0.500. The second-order valence-electron chi connectivity index (χ2n) is 10.9. The molecule has 0 saturated carbocycles. The van der Waals surface area contributed by atoms with E-state index in [4.69, 9.17) is 4.52 Å². The van der Waals surface area contributed by atoms with E-state index in [-0.39, 0.29) is 19.5 Å². The fourth-order valence-electron chi connectivity index (χ4n) is 4.56. The molecule has 3 aromatic rings. The van der Waals surface area contributed by atoms with Gasteiger partial charge in [-0.05, 0) is 30.0 Å². The molecule has 0 saturated heterocycles. The van der Waals surface area contributed by atoms with E-state index in [1.807, 2.05) is 27.7 Å². The second kappa shape index (κ2) is 13.2. The van der Waals surface area contributed by atoms with Crippen LogP contribution in [0.1, 0.15) is 58.3 Å². The molecule has 41 heavy (non-hydrogen) atoms. The molecule has 0 spiro atoms. The summed E-state index contributed by atoms with van der Waals surface area (Å²) < 4.78 is 45.4. The summed E-state index contributed by atoms with van der Waals surface area (Å²) in [6, 6.07) is 6.01. The van der Waals surface area contributed by atoms with Crippen molar-refractivity contribution in [2.75, 3.05) is 0 Å². The lowest BCUT2D eigenvalue weighted by Crippen LogP contribution is -2.59. The molecule has 3 rings (SSSR count). The normalized spacial score (nSPS) is 14.3. The summed E-state index contributed by atoms with van der Waals surface area (Å²) in [4.78, 5) is 26.8. The molecular formula is C28H36F3N5O5. The predicted molar refractivity (Wildman–Crippen MR) is 143 cm³/mol. The molecular weight excluding hydrogens is 543 g/mol. The van der Waals surface area contributed by atoms with Gasteiger partial charge in [0.05, 0.1) is 42.6 Å². The summed E-state index contributed by atoms with van der Waals surface area (Å²) in [7, 11) is 0. The SMILES string of the molecule is CCCC[C@@H]([C@H](O)C(=O)NCc1ccno1)N(C(=O)O)C(Cn1ccc(-c2ccc(C(F)(F)F)cc2)n1)C(C)(C)C. The third-order valence-electron chi connectivity index (χ3n) is 6.84. The first kappa shape index (κ1) is 31.7. The molecule has 3 atom stereocenters. The number of benzene rings is 1. The van der Waals surface area contributed by atoms with Crippen LogP contribution >= 0.6 is 0 Å². The Balaban J connectivity index is 1.87. The summed E-state index contributed by atoms with van der Waals surface area (Å²) in [5.74, 6) is -0.369. The average Bonchev–Trinajstić information content (AvgIpc) is 3.59. The minimum absolute atomic E-state index is 0.0217. The van der Waals surface area contributed by atoms with E-state index in [1.54, 1.807) is 18.3 Å². The van der Waals surface area contributed by atoms with Gasteiger partial charge >= 0.3 is 12.3 Å². The number of amides is 2. The van der Waals surface area contributed by atoms with Gasteiger partial charge in [-0.25, -0.2) is 4.79 Å². The zero-order valence-electron chi connectivity index (χ0n) is 23.4. The molecule has 1 aromatic carbocycles. The van der Waals surface area contributed by atoms with Gasteiger partial charge in [0.1, 0.15) is 0 Å². The van der Waals surface area contributed by atoms with E-state index in [2.05, 4.69) is 15.6 Å². The zero-order valence-corrected chi connectivity index (χ0v) is 23.4. The number of carboxylic acid groups (broad SMARTS) is 1. The van der Waals surface area contributed by atoms with Gasteiger partial charge in [-0.3, -0.25) is 14.4 Å². The van der Waals surface area contributed by atoms with E-state index in [1.165, 1.54) is 23.0 Å². The van der Waals surface area contributed by atoms with Crippen molar-refractivity contribution >= 4 is 12.0 Å². The molecule has 0 aliphatic carbocycles. The minimum atomic E-state index is -4.45. The molecule has 3 N–H and O–H groups in total. The van der Waals surface area contributed by atoms with Gasteiger partial charge < -0.3 is 20.1 Å². The van der Waals surface area contributed by atoms with Crippen molar-refractivity contribution in [1.82, 2.24) is 25.2 Å². The van der Waals surface area contributed by atoms with Crippen molar-refractivity contribution in [3.05, 3.63) is 60.1 Å². The highest BCUT2D eigenvalue weighted by molar-refractivity contribution is 5.82. The number of unbranched alkanes of at least 4 members (excludes halogenated alkanes) is 1. The summed E-state index contributed by atoms with van der Waals surface area (Å²) in [6.45, 7) is 7.52. The van der Waals surface area contributed by atoms with Gasteiger partial charge in [-0.2, -0.15) is 18.3 Å². The van der Waals surface area contributed by atoms with Crippen LogP contribution in [0.15, 0.2) is 53.3 Å². The first-order valence-corrected chi connectivity index (χ1v) is 13.3. The summed E-state index contributed by atoms with van der Waals surface area (Å²) in [6.07, 6.45) is -2.86. The molecule has 10 nitrogen and oxygen atoms in total. The number of aliphatic hydroxyl groups excluding tert-OH is 1. The maximum absolute atomic E-state index is 13.0. The van der Waals surface area contributed by atoms with E-state index in [0.29, 0.717) is 29.9 Å². The minimum Gasteiger partial charge on any atom is -0.465 e. The third-order valence-corrected chi connectivity index (χ3v) is 6.84. The fourth-order valence-corrected chi connectivity index (χ4v) is 4.56. The number of alkyl halides is 3. The largest absolute Gasteiger partial charge is 0.465 e. The van der Waals surface area contributed by atoms with Crippen molar-refractivity contribution in [2.24, 2.45) is 5.41 Å². The van der Waals surface area contributed by atoms with Gasteiger partial charge in [-0.15, -0.1) is 0 Å². The van der Waals surface area contributed by atoms with Crippen molar-refractivity contribution in [1.29, 1.82) is 0 Å². The predicted octanol–water partition coefficient (Wildman–Crippen LogP) is 5.19. The zero-order chi connectivity index (χ0) is 30.4. The van der Waals surface area contributed by atoms with Crippen LogP contribution in [0, 0.1) is 5.41 Å². The Morgan fingerprint density at radius 1 is 1.12 bits per heavy atom. The number of rotatable bonds is 12. The Kier molecular flexibility index (Phi) is 10.2. The van der Waals surface area contributed by atoms with Crippen LogP contribution in [-0.2, 0) is 24.1 Å². The maximum atomic E-state index is 13.0. The van der Waals surface area contributed by atoms with Crippen LogP contribution in [0.25, 0.3) is 11.3 Å². The van der Waals surface area contributed by atoms with Gasteiger partial charge in [0.25, 0.3) is 5.91 Å². The number of aliphatic hydroxyl groups is 1. The molecule has 0 aliphatic heterocycles. The van der Waals surface area contributed by atoms with E-state index >= 15 is 0 Å². The number of aromatic nitrogens is 3. The Bertz CT molecular complexity index is 1270. The molecule has 0 fully saturated rings. The smallest absolute Gasteiger partial charge is 0.416 e. The topological polar surface area (TPSA) is 134 Å². The Hall–Kier alpha value is -3.87. The lowest BCUT2D eigenvalue weighted by atomic mass is 9.83. The van der Waals surface area contributed by atoms with Crippen LogP contribution in [0.4, 0.5) is 18.0 Å². The Labute approximate surface area is 236 Å². The third kappa shape index (κ3) is 8.32. The highest BCUT2D eigenvalue weighted by Gasteiger charge is 2.42. The Morgan fingerprint density at radius 2 is 1.80 bits per heavy atom. The molecule has 2 amide bonds. The lowest BCUT2D eigenvalue weighted by Gasteiger charge is -2.44. The molecule has 0 radical (unpaired) electrons. The molecule has 1 unspecified atom stereocenters. The molecule has 224 valence electrons. The van der Waals surface area contributed by atoms with Gasteiger partial charge in [0, 0.05) is 17.8 Å². The molecule has 2 heterocycles. The van der Waals surface area contributed by atoms with Crippen LogP contribution in [0.5, 0.6) is 0 Å². The number of carbonyl (C=O) groups excluding carboxylic acids is 1. The van der Waals surface area contributed by atoms with Crippen LogP contribution < -0.4 is 5.32 Å². The second-order valence-corrected chi connectivity index (χ2v) is 10.9. The molecule has 0 bridgehead atoms. The van der Waals surface area contributed by atoms with Gasteiger partial charge in [0.2, 0.25) is 0 Å². The van der Waals surface area contributed by atoms with Gasteiger partial charge in [-0.1, -0.05) is 57.8 Å². The van der Waals surface area contributed by atoms with E-state index < -0.39 is 47.3 Å². The van der Waals surface area contributed by atoms with Crippen LogP contribution in [-0.4, -0.2) is 60.2 Å². The summed E-state index contributed by atoms with van der Waals surface area (Å²) in [5.41, 5.74) is -0.534. The number of hydrogen-bond acceptors (Lipinski definition) is 6. The number of hydrogen-bond donors (Lipinski definition) is 3. The monoisotopic (exact) mass is 579 g/mol. The highest BCUT2D eigenvalue weighted by atomic mass is 19.4. The quantitative estimate of drug-likeness (QED) is 0.269. The first-order valence-electron chi connectivity index (χ1n) is 13.3. The number of carbonyl (C=O) groups is 2. The number of nitrogens with one attached hydrogen (secondary N) is 1. The summed E-state index contributed by atoms with van der Waals surface area (Å²) >= 11 is 0. The van der Waals surface area contributed by atoms with E-state index in [9.17, 15) is 33.0 Å². The Morgan fingerprint density at radius 3 is 2.34 bits per heavy atom. The standard InChI is InChI=1S/C28H36F3N5O5/c1-5-6-7-22(24(37)25(38)32-16-20-12-14-33-41-20)36(26(39)40)23(27(2,3)4)17-35-15-13-21(34-35)18-8-10-19(11-9-18)28(29,30)31/h8-15,22-24,37H,5-7,16-17H2,1-4H3,(H,32,38)(H,39,40)/t22-,23?,24-/m0/s1. The van der Waals surface area contributed by atoms with Crippen molar-refractivity contribution < 1.29 is 37.5 Å². The molecule has 2 aromatic heterocycles. The lowest BCUT2D eigenvalue weighted by molar-refractivity contribution is -0.137. The van der Waals surface area contributed by atoms with Crippen LogP contribution in [0.3, 0.4) is 0 Å². The molecule has 13 heteroatoms.